The van der Waals surface area contributed by atoms with Crippen molar-refractivity contribution in [3.63, 3.8) is 0 Å². The van der Waals surface area contributed by atoms with Crippen molar-refractivity contribution in [2.24, 2.45) is 15.9 Å². The van der Waals surface area contributed by atoms with E-state index in [0.29, 0.717) is 11.8 Å². The fourth-order valence-electron chi connectivity index (χ4n) is 2.08. The van der Waals surface area contributed by atoms with Gasteiger partial charge in [-0.2, -0.15) is 0 Å². The number of nitrogens with zero attached hydrogens (tertiary/aromatic N) is 2. The number of alkyl halides is 1. The maximum atomic E-state index is 12.3. The number of hydrogen-bond acceptors (Lipinski definition) is 4. The smallest absolute Gasteiger partial charge is 0.213 e. The van der Waals surface area contributed by atoms with Crippen LogP contribution in [0, 0.1) is 5.92 Å². The molecule has 2 rings (SSSR count). The quantitative estimate of drug-likeness (QED) is 0.612. The van der Waals surface area contributed by atoms with Crippen molar-refractivity contribution in [2.45, 2.75) is 25.7 Å². The molecular formula is C14H22FN3O. The summed E-state index contributed by atoms with van der Waals surface area (Å²) in [6, 6.07) is 0. The lowest BCUT2D eigenvalue weighted by Crippen LogP contribution is -2.16. The number of rotatable bonds is 5. The van der Waals surface area contributed by atoms with Crippen LogP contribution in [-0.2, 0) is 4.74 Å². The molecule has 5 heteroatoms. The Morgan fingerprint density at radius 2 is 2.21 bits per heavy atom. The van der Waals surface area contributed by atoms with E-state index < -0.39 is 6.67 Å². The van der Waals surface area contributed by atoms with Gasteiger partial charge in [-0.3, -0.25) is 9.98 Å². The molecule has 2 aliphatic rings. The Hall–Kier alpha value is -1.23. The van der Waals surface area contributed by atoms with E-state index in [2.05, 4.69) is 15.3 Å². The lowest BCUT2D eigenvalue weighted by Gasteiger charge is -2.12. The maximum absolute atomic E-state index is 12.3. The minimum atomic E-state index is -0.495. The summed E-state index contributed by atoms with van der Waals surface area (Å²) in [5, 5.41) is 3.35. The van der Waals surface area contributed by atoms with Gasteiger partial charge in [-0.15, -0.1) is 0 Å². The molecule has 4 nitrogen and oxygen atoms in total. The molecule has 0 radical (unpaired) electrons. The standard InChI is InChI=1S/C14H22FN3O/c1-16-14(19-9-6-15)12-4-7-17-8-5-13(12)18-10-11-2-3-11/h10-11,17H,2-9H2,1H3. The molecule has 1 fully saturated rings. The molecule has 0 atom stereocenters. The summed E-state index contributed by atoms with van der Waals surface area (Å²) in [5.41, 5.74) is 2.06. The van der Waals surface area contributed by atoms with E-state index in [9.17, 15) is 4.39 Å². The first-order valence-corrected chi connectivity index (χ1v) is 6.98. The zero-order valence-electron chi connectivity index (χ0n) is 11.5. The van der Waals surface area contributed by atoms with Crippen LogP contribution < -0.4 is 5.32 Å². The second kappa shape index (κ2) is 7.38. The molecule has 1 aliphatic heterocycles. The van der Waals surface area contributed by atoms with Gasteiger partial charge in [0, 0.05) is 37.5 Å². The van der Waals surface area contributed by atoms with Crippen LogP contribution in [-0.4, -0.2) is 45.5 Å². The van der Waals surface area contributed by atoms with Gasteiger partial charge in [-0.25, -0.2) is 4.39 Å². The molecule has 1 saturated carbocycles. The van der Waals surface area contributed by atoms with Gasteiger partial charge in [-0.1, -0.05) is 0 Å². The largest absolute Gasteiger partial charge is 0.475 e. The molecule has 0 aromatic rings. The lowest BCUT2D eigenvalue weighted by atomic mass is 10.1. The molecule has 0 unspecified atom stereocenters. The van der Waals surface area contributed by atoms with Crippen LogP contribution in [0.1, 0.15) is 25.7 Å². The van der Waals surface area contributed by atoms with Crippen molar-refractivity contribution in [1.29, 1.82) is 0 Å². The van der Waals surface area contributed by atoms with Gasteiger partial charge < -0.3 is 10.1 Å². The first kappa shape index (κ1) is 14.2. The predicted molar refractivity (Wildman–Crippen MR) is 75.6 cm³/mol. The zero-order chi connectivity index (χ0) is 13.5. The molecule has 0 saturated heterocycles. The van der Waals surface area contributed by atoms with Crippen LogP contribution in [0.3, 0.4) is 0 Å². The molecule has 0 aromatic heterocycles. The Balaban J connectivity index is 2.15. The summed E-state index contributed by atoms with van der Waals surface area (Å²) in [7, 11) is 1.68. The Kier molecular flexibility index (Phi) is 5.51. The number of nitrogens with one attached hydrogen (secondary N) is 1. The van der Waals surface area contributed by atoms with E-state index in [1.54, 1.807) is 7.05 Å². The number of ether oxygens (including phenoxy) is 1. The molecule has 1 aliphatic carbocycles. The molecule has 1 N–H and O–H groups in total. The molecule has 106 valence electrons. The van der Waals surface area contributed by atoms with Crippen molar-refractivity contribution in [3.8, 4) is 0 Å². The normalized spacial score (nSPS) is 21.9. The summed E-state index contributed by atoms with van der Waals surface area (Å²) in [6.07, 6.45) is 6.24. The van der Waals surface area contributed by atoms with Gasteiger partial charge in [-0.05, 0) is 31.7 Å². The van der Waals surface area contributed by atoms with E-state index in [0.717, 1.165) is 37.2 Å². The van der Waals surface area contributed by atoms with Gasteiger partial charge in [0.2, 0.25) is 5.90 Å². The predicted octanol–water partition coefficient (Wildman–Crippen LogP) is 2.12. The summed E-state index contributed by atoms with van der Waals surface area (Å²) in [4.78, 5) is 8.78. The van der Waals surface area contributed by atoms with E-state index in [-0.39, 0.29) is 6.61 Å². The maximum Gasteiger partial charge on any atom is 0.213 e. The second-order valence-electron chi connectivity index (χ2n) is 4.86. The van der Waals surface area contributed by atoms with Crippen LogP contribution in [0.4, 0.5) is 4.39 Å². The highest BCUT2D eigenvalue weighted by Crippen LogP contribution is 2.27. The van der Waals surface area contributed by atoms with Crippen molar-refractivity contribution in [3.05, 3.63) is 11.3 Å². The van der Waals surface area contributed by atoms with Gasteiger partial charge in [0.15, 0.2) is 0 Å². The van der Waals surface area contributed by atoms with Crippen LogP contribution in [0.15, 0.2) is 21.3 Å². The highest BCUT2D eigenvalue weighted by molar-refractivity contribution is 5.94. The Bertz CT molecular complexity index is 386. The lowest BCUT2D eigenvalue weighted by molar-refractivity contribution is 0.261. The fourth-order valence-corrected chi connectivity index (χ4v) is 2.08. The van der Waals surface area contributed by atoms with E-state index in [1.165, 1.54) is 12.8 Å². The average Bonchev–Trinajstić information content (AvgIpc) is 3.25. The number of halogens is 1. The molecule has 0 amide bonds. The van der Waals surface area contributed by atoms with Gasteiger partial charge in [0.25, 0.3) is 0 Å². The van der Waals surface area contributed by atoms with E-state index in [1.807, 2.05) is 6.21 Å². The molecule has 0 spiro atoms. The monoisotopic (exact) mass is 267 g/mol. The van der Waals surface area contributed by atoms with Crippen LogP contribution in [0.2, 0.25) is 0 Å². The topological polar surface area (TPSA) is 46.0 Å². The third-order valence-corrected chi connectivity index (χ3v) is 3.28. The van der Waals surface area contributed by atoms with Crippen LogP contribution in [0.25, 0.3) is 0 Å². The number of hydrogen-bond donors (Lipinski definition) is 1. The molecular weight excluding hydrogens is 245 g/mol. The van der Waals surface area contributed by atoms with Gasteiger partial charge >= 0.3 is 0 Å². The Labute approximate surface area is 113 Å². The van der Waals surface area contributed by atoms with E-state index >= 15 is 0 Å². The molecule has 0 aromatic carbocycles. The average molecular weight is 267 g/mol. The van der Waals surface area contributed by atoms with Gasteiger partial charge in [0.05, 0.1) is 0 Å². The Morgan fingerprint density at radius 1 is 1.42 bits per heavy atom. The highest BCUT2D eigenvalue weighted by atomic mass is 19.1. The van der Waals surface area contributed by atoms with Crippen molar-refractivity contribution >= 4 is 12.1 Å². The minimum absolute atomic E-state index is 0.0588. The van der Waals surface area contributed by atoms with Crippen LogP contribution in [0.5, 0.6) is 0 Å². The third kappa shape index (κ3) is 4.42. The Morgan fingerprint density at radius 3 is 2.89 bits per heavy atom. The first-order valence-electron chi connectivity index (χ1n) is 6.98. The summed E-state index contributed by atoms with van der Waals surface area (Å²) < 4.78 is 17.7. The summed E-state index contributed by atoms with van der Waals surface area (Å²) in [6.45, 7) is 1.37. The van der Waals surface area contributed by atoms with Gasteiger partial charge in [0.1, 0.15) is 13.3 Å². The molecule has 0 bridgehead atoms. The van der Waals surface area contributed by atoms with E-state index in [4.69, 9.17) is 4.74 Å². The minimum Gasteiger partial charge on any atom is -0.475 e. The van der Waals surface area contributed by atoms with Crippen molar-refractivity contribution < 1.29 is 9.13 Å². The molecule has 19 heavy (non-hydrogen) atoms. The van der Waals surface area contributed by atoms with Crippen molar-refractivity contribution in [2.75, 3.05) is 33.4 Å². The summed E-state index contributed by atoms with van der Waals surface area (Å²) >= 11 is 0. The van der Waals surface area contributed by atoms with Crippen LogP contribution >= 0.6 is 0 Å². The summed E-state index contributed by atoms with van der Waals surface area (Å²) in [5.74, 6) is 1.20. The second-order valence-corrected chi connectivity index (χ2v) is 4.86. The molecule has 1 heterocycles. The number of aliphatic imine (C=N–C) groups is 2. The zero-order valence-corrected chi connectivity index (χ0v) is 11.5. The fraction of sp³-hybridized carbons (Fsp3) is 0.714. The highest BCUT2D eigenvalue weighted by Gasteiger charge is 2.20. The SMILES string of the molecule is CN=C(OCCF)C1=C(N=CC2CC2)CCNCC1. The third-order valence-electron chi connectivity index (χ3n) is 3.28. The first-order chi connectivity index (χ1) is 9.35. The van der Waals surface area contributed by atoms with Crippen molar-refractivity contribution in [1.82, 2.24) is 5.32 Å².